The van der Waals surface area contributed by atoms with Crippen LogP contribution in [0.25, 0.3) is 0 Å². The number of ether oxygens (including phenoxy) is 2. The van der Waals surface area contributed by atoms with Crippen LogP contribution in [0.2, 0.25) is 5.02 Å². The van der Waals surface area contributed by atoms with Gasteiger partial charge in [0, 0.05) is 18.2 Å². The zero-order chi connectivity index (χ0) is 13.2. The van der Waals surface area contributed by atoms with Crippen LogP contribution in [0.3, 0.4) is 0 Å². The zero-order valence-corrected chi connectivity index (χ0v) is 12.4. The lowest BCUT2D eigenvalue weighted by Crippen LogP contribution is -2.45. The Bertz CT molecular complexity index is 505. The number of halogens is 2. The third-order valence-corrected chi connectivity index (χ3v) is 3.60. The van der Waals surface area contributed by atoms with Gasteiger partial charge < -0.3 is 20.1 Å². The predicted molar refractivity (Wildman–Crippen MR) is 78.2 cm³/mol. The molecule has 0 aliphatic carbocycles. The number of carbonyl (C=O) groups excluding carboxylic acids is 1. The molecule has 2 aliphatic heterocycles. The minimum Gasteiger partial charge on any atom is -0.454 e. The van der Waals surface area contributed by atoms with Crippen molar-refractivity contribution in [3.8, 4) is 11.5 Å². The van der Waals surface area contributed by atoms with Crippen LogP contribution in [0.15, 0.2) is 12.1 Å². The second-order valence-corrected chi connectivity index (χ2v) is 5.12. The van der Waals surface area contributed by atoms with Crippen molar-refractivity contribution in [1.82, 2.24) is 10.6 Å². The van der Waals surface area contributed by atoms with Crippen LogP contribution in [-0.4, -0.2) is 31.8 Å². The number of hydrogen-bond acceptors (Lipinski definition) is 4. The lowest BCUT2D eigenvalue weighted by Gasteiger charge is -2.23. The molecule has 1 fully saturated rings. The van der Waals surface area contributed by atoms with Gasteiger partial charge in [0.25, 0.3) is 5.91 Å². The Hall–Kier alpha value is -1.17. The van der Waals surface area contributed by atoms with Crippen LogP contribution in [0, 0.1) is 0 Å². The molecule has 0 bridgehead atoms. The molecule has 1 aromatic rings. The molecule has 1 saturated heterocycles. The van der Waals surface area contributed by atoms with Gasteiger partial charge in [-0.25, -0.2) is 0 Å². The summed E-state index contributed by atoms with van der Waals surface area (Å²) in [5.41, 5.74) is 0.500. The van der Waals surface area contributed by atoms with Crippen molar-refractivity contribution < 1.29 is 14.3 Å². The van der Waals surface area contributed by atoms with Crippen LogP contribution in [-0.2, 0) is 0 Å². The monoisotopic (exact) mass is 318 g/mol. The average molecular weight is 319 g/mol. The fraction of sp³-hybridized carbons (Fsp3) is 0.462. The number of nitrogens with one attached hydrogen (secondary N) is 2. The molecule has 5 nitrogen and oxygen atoms in total. The molecule has 0 unspecified atom stereocenters. The third-order valence-electron chi connectivity index (χ3n) is 3.32. The van der Waals surface area contributed by atoms with Crippen molar-refractivity contribution in [2.24, 2.45) is 0 Å². The van der Waals surface area contributed by atoms with E-state index >= 15 is 0 Å². The molecule has 7 heteroatoms. The Morgan fingerprint density at radius 3 is 3.00 bits per heavy atom. The number of amides is 1. The highest BCUT2D eigenvalue weighted by Crippen LogP contribution is 2.39. The van der Waals surface area contributed by atoms with Crippen LogP contribution >= 0.6 is 24.0 Å². The number of benzene rings is 1. The molecule has 110 valence electrons. The van der Waals surface area contributed by atoms with Crippen LogP contribution in [0.5, 0.6) is 11.5 Å². The lowest BCUT2D eigenvalue weighted by molar-refractivity contribution is 0.0930. The fourth-order valence-electron chi connectivity index (χ4n) is 2.34. The summed E-state index contributed by atoms with van der Waals surface area (Å²) < 4.78 is 10.5. The van der Waals surface area contributed by atoms with Crippen molar-refractivity contribution >= 4 is 29.9 Å². The van der Waals surface area contributed by atoms with E-state index in [1.165, 1.54) is 0 Å². The normalized spacial score (nSPS) is 20.1. The highest BCUT2D eigenvalue weighted by Gasteiger charge is 2.22. The number of fused-ring (bicyclic) bond motifs is 1. The van der Waals surface area contributed by atoms with Crippen LogP contribution < -0.4 is 20.1 Å². The molecule has 2 aliphatic rings. The summed E-state index contributed by atoms with van der Waals surface area (Å²) in [7, 11) is 0. The van der Waals surface area contributed by atoms with E-state index in [1.807, 2.05) is 0 Å². The van der Waals surface area contributed by atoms with Crippen molar-refractivity contribution in [3.63, 3.8) is 0 Å². The number of rotatable bonds is 2. The van der Waals surface area contributed by atoms with Crippen molar-refractivity contribution in [2.45, 2.75) is 18.9 Å². The van der Waals surface area contributed by atoms with Gasteiger partial charge in [-0.3, -0.25) is 4.79 Å². The van der Waals surface area contributed by atoms with E-state index < -0.39 is 0 Å². The predicted octanol–water partition coefficient (Wildman–Crippen LogP) is 1.97. The van der Waals surface area contributed by atoms with Gasteiger partial charge in [0.15, 0.2) is 11.5 Å². The molecule has 0 saturated carbocycles. The van der Waals surface area contributed by atoms with E-state index in [0.29, 0.717) is 22.1 Å². The van der Waals surface area contributed by atoms with Gasteiger partial charge in [0.2, 0.25) is 6.79 Å². The summed E-state index contributed by atoms with van der Waals surface area (Å²) in [5.74, 6) is 0.908. The van der Waals surface area contributed by atoms with Crippen molar-refractivity contribution in [1.29, 1.82) is 0 Å². The summed E-state index contributed by atoms with van der Waals surface area (Å²) >= 11 is 6.06. The quantitative estimate of drug-likeness (QED) is 0.875. The standard InChI is InChI=1S/C13H15ClN2O3.ClH/c14-10-4-8(5-11-12(10)19-7-18-11)13(17)16-9-2-1-3-15-6-9;/h4-5,9,15H,1-3,6-7H2,(H,16,17);1H/t9-;/m0./s1. The molecule has 20 heavy (non-hydrogen) atoms. The maximum Gasteiger partial charge on any atom is 0.251 e. The number of carbonyl (C=O) groups is 1. The maximum atomic E-state index is 12.2. The van der Waals surface area contributed by atoms with Crippen LogP contribution in [0.1, 0.15) is 23.2 Å². The summed E-state index contributed by atoms with van der Waals surface area (Å²) in [6.07, 6.45) is 2.07. The van der Waals surface area contributed by atoms with Gasteiger partial charge in [0.1, 0.15) is 0 Å². The molecule has 1 atom stereocenters. The second kappa shape index (κ2) is 6.52. The Morgan fingerprint density at radius 2 is 2.25 bits per heavy atom. The molecular weight excluding hydrogens is 303 g/mol. The highest BCUT2D eigenvalue weighted by atomic mass is 35.5. The third kappa shape index (κ3) is 3.11. The van der Waals surface area contributed by atoms with E-state index in [9.17, 15) is 4.79 Å². The number of piperidine rings is 1. The fourth-order valence-corrected chi connectivity index (χ4v) is 2.61. The number of hydrogen-bond donors (Lipinski definition) is 2. The Morgan fingerprint density at radius 1 is 1.40 bits per heavy atom. The van der Waals surface area contributed by atoms with E-state index in [4.69, 9.17) is 21.1 Å². The summed E-state index contributed by atoms with van der Waals surface area (Å²) in [6, 6.07) is 3.45. The van der Waals surface area contributed by atoms with E-state index in [1.54, 1.807) is 12.1 Å². The molecule has 3 rings (SSSR count). The van der Waals surface area contributed by atoms with Crippen LogP contribution in [0.4, 0.5) is 0 Å². The van der Waals surface area contributed by atoms with Crippen molar-refractivity contribution in [3.05, 3.63) is 22.7 Å². The van der Waals surface area contributed by atoms with Gasteiger partial charge in [-0.2, -0.15) is 0 Å². The summed E-state index contributed by atoms with van der Waals surface area (Å²) in [5, 5.41) is 6.66. The molecule has 1 aromatic carbocycles. The maximum absolute atomic E-state index is 12.2. The first-order valence-electron chi connectivity index (χ1n) is 6.35. The molecule has 0 aromatic heterocycles. The van der Waals surface area contributed by atoms with Gasteiger partial charge >= 0.3 is 0 Å². The average Bonchev–Trinajstić information content (AvgIpc) is 2.88. The zero-order valence-electron chi connectivity index (χ0n) is 10.8. The molecular formula is C13H16Cl2N2O3. The van der Waals surface area contributed by atoms with Gasteiger partial charge in [-0.05, 0) is 31.5 Å². The van der Waals surface area contributed by atoms with E-state index in [2.05, 4.69) is 10.6 Å². The minimum atomic E-state index is -0.131. The van der Waals surface area contributed by atoms with Gasteiger partial charge in [-0.15, -0.1) is 12.4 Å². The second-order valence-electron chi connectivity index (χ2n) is 4.71. The Balaban J connectivity index is 0.00000147. The molecule has 0 spiro atoms. The molecule has 0 radical (unpaired) electrons. The van der Waals surface area contributed by atoms with Gasteiger partial charge in [0.05, 0.1) is 5.02 Å². The van der Waals surface area contributed by atoms with E-state index in [0.717, 1.165) is 25.9 Å². The topological polar surface area (TPSA) is 59.6 Å². The molecule has 2 N–H and O–H groups in total. The first-order valence-corrected chi connectivity index (χ1v) is 6.72. The first-order chi connectivity index (χ1) is 9.24. The Labute approximate surface area is 128 Å². The smallest absolute Gasteiger partial charge is 0.251 e. The SMILES string of the molecule is Cl.O=C(N[C@H]1CCCNC1)c1cc(Cl)c2c(c1)OCO2. The first kappa shape index (κ1) is 15.2. The van der Waals surface area contributed by atoms with Gasteiger partial charge in [-0.1, -0.05) is 11.6 Å². The highest BCUT2D eigenvalue weighted by molar-refractivity contribution is 6.32. The molecule has 1 amide bonds. The Kier molecular flexibility index (Phi) is 4.96. The largest absolute Gasteiger partial charge is 0.454 e. The van der Waals surface area contributed by atoms with Crippen molar-refractivity contribution in [2.75, 3.05) is 19.9 Å². The molecule has 2 heterocycles. The summed E-state index contributed by atoms with van der Waals surface area (Å²) in [6.45, 7) is 1.97. The lowest BCUT2D eigenvalue weighted by atomic mass is 10.1. The minimum absolute atomic E-state index is 0. The summed E-state index contributed by atoms with van der Waals surface area (Å²) in [4.78, 5) is 12.2. The van der Waals surface area contributed by atoms with E-state index in [-0.39, 0.29) is 31.1 Å².